The first-order chi connectivity index (χ1) is 6.91. The Bertz CT molecular complexity index is 400. The number of hydrogen-bond acceptors (Lipinski definition) is 2. The lowest BCUT2D eigenvalue weighted by molar-refractivity contribution is -0.136. The third kappa shape index (κ3) is 3.10. The van der Waals surface area contributed by atoms with Gasteiger partial charge in [0.25, 0.3) is 6.43 Å². The van der Waals surface area contributed by atoms with Crippen LogP contribution in [-0.4, -0.2) is 16.1 Å². The van der Waals surface area contributed by atoms with Crippen molar-refractivity contribution in [1.29, 1.82) is 0 Å². The average Bonchev–Trinajstić information content (AvgIpc) is 2.08. The van der Waals surface area contributed by atoms with Gasteiger partial charge >= 0.3 is 5.97 Å². The quantitative estimate of drug-likeness (QED) is 0.933. The van der Waals surface area contributed by atoms with Gasteiger partial charge in [0.15, 0.2) is 0 Å². The van der Waals surface area contributed by atoms with Crippen LogP contribution in [0.4, 0.5) is 8.78 Å². The molecule has 82 valence electrons. The molecule has 1 aromatic rings. The van der Waals surface area contributed by atoms with Crippen molar-refractivity contribution < 1.29 is 18.7 Å². The largest absolute Gasteiger partial charge is 0.481 e. The number of hydrogen-bond donors (Lipinski definition) is 1. The second-order valence-electron chi connectivity index (χ2n) is 2.66. The Kier molecular flexibility index (Phi) is 3.98. The predicted octanol–water partition coefficient (Wildman–Crippen LogP) is 3.06. The fourth-order valence-corrected chi connectivity index (χ4v) is 1.76. The highest BCUT2D eigenvalue weighted by molar-refractivity contribution is 9.10. The molecule has 0 saturated carbocycles. The van der Waals surface area contributed by atoms with E-state index in [9.17, 15) is 13.6 Å². The van der Waals surface area contributed by atoms with E-state index in [1.54, 1.807) is 0 Å². The van der Waals surface area contributed by atoms with Crippen LogP contribution in [0.5, 0.6) is 0 Å². The number of aliphatic carboxylic acids is 1. The summed E-state index contributed by atoms with van der Waals surface area (Å²) in [4.78, 5) is 13.9. The minimum Gasteiger partial charge on any atom is -0.481 e. The number of halogens is 4. The normalized spacial score (nSPS) is 10.7. The number of pyridine rings is 1. The zero-order valence-electron chi connectivity index (χ0n) is 7.18. The van der Waals surface area contributed by atoms with Gasteiger partial charge < -0.3 is 5.11 Å². The summed E-state index contributed by atoms with van der Waals surface area (Å²) in [5.74, 6) is -1.15. The van der Waals surface area contributed by atoms with Gasteiger partial charge in [-0.15, -0.1) is 0 Å². The molecule has 0 radical (unpaired) electrons. The molecule has 0 amide bonds. The third-order valence-corrected chi connectivity index (χ3v) is 2.54. The van der Waals surface area contributed by atoms with Crippen molar-refractivity contribution in [3.05, 3.63) is 26.9 Å². The van der Waals surface area contributed by atoms with Crippen molar-refractivity contribution in [1.82, 2.24) is 4.98 Å². The lowest BCUT2D eigenvalue weighted by Gasteiger charge is -2.06. The van der Waals surface area contributed by atoms with E-state index in [2.05, 4.69) is 20.9 Å². The van der Waals surface area contributed by atoms with Crippen molar-refractivity contribution in [2.24, 2.45) is 0 Å². The highest BCUT2D eigenvalue weighted by Gasteiger charge is 2.18. The monoisotopic (exact) mass is 299 g/mol. The SMILES string of the molecule is O=C(O)Cc1nc(C(F)F)c(Cl)cc1Br. The van der Waals surface area contributed by atoms with Crippen molar-refractivity contribution in [3.8, 4) is 0 Å². The molecule has 0 unspecified atom stereocenters. The summed E-state index contributed by atoms with van der Waals surface area (Å²) in [7, 11) is 0. The van der Waals surface area contributed by atoms with E-state index in [0.717, 1.165) is 0 Å². The predicted molar refractivity (Wildman–Crippen MR) is 53.2 cm³/mol. The molecule has 1 aromatic heterocycles. The van der Waals surface area contributed by atoms with Crippen LogP contribution in [0.2, 0.25) is 5.02 Å². The van der Waals surface area contributed by atoms with Gasteiger partial charge in [-0.1, -0.05) is 11.6 Å². The van der Waals surface area contributed by atoms with E-state index < -0.39 is 24.5 Å². The van der Waals surface area contributed by atoms with Crippen LogP contribution in [0, 0.1) is 0 Å². The lowest BCUT2D eigenvalue weighted by Crippen LogP contribution is -2.06. The highest BCUT2D eigenvalue weighted by Crippen LogP contribution is 2.29. The summed E-state index contributed by atoms with van der Waals surface area (Å²) in [5.41, 5.74) is -0.571. The van der Waals surface area contributed by atoms with E-state index in [0.29, 0.717) is 4.47 Å². The minimum absolute atomic E-state index is 0.0298. The number of carbonyl (C=O) groups is 1. The molecule has 0 atom stereocenters. The molecule has 1 rings (SSSR count). The van der Waals surface area contributed by atoms with E-state index in [4.69, 9.17) is 16.7 Å². The molecule has 0 aliphatic rings. The maximum Gasteiger partial charge on any atom is 0.309 e. The van der Waals surface area contributed by atoms with E-state index >= 15 is 0 Å². The Labute approximate surface area is 97.2 Å². The number of nitrogens with zero attached hydrogens (tertiary/aromatic N) is 1. The Morgan fingerprint density at radius 2 is 2.27 bits per heavy atom. The summed E-state index contributed by atoms with van der Waals surface area (Å²) < 4.78 is 25.0. The number of aromatic nitrogens is 1. The van der Waals surface area contributed by atoms with Gasteiger partial charge in [-0.25, -0.2) is 13.8 Å². The van der Waals surface area contributed by atoms with Crippen molar-refractivity contribution in [3.63, 3.8) is 0 Å². The molecule has 15 heavy (non-hydrogen) atoms. The van der Waals surface area contributed by atoms with Crippen LogP contribution in [0.25, 0.3) is 0 Å². The van der Waals surface area contributed by atoms with Crippen LogP contribution < -0.4 is 0 Å². The fourth-order valence-electron chi connectivity index (χ4n) is 0.941. The summed E-state index contributed by atoms with van der Waals surface area (Å²) >= 11 is 8.52. The van der Waals surface area contributed by atoms with Crippen LogP contribution in [0.15, 0.2) is 10.5 Å². The first-order valence-corrected chi connectivity index (χ1v) is 4.93. The lowest BCUT2D eigenvalue weighted by atomic mass is 10.2. The molecule has 0 aliphatic heterocycles. The molecule has 1 heterocycles. The summed E-state index contributed by atoms with van der Waals surface area (Å²) in [6, 6.07) is 1.22. The standard InChI is InChI=1S/C8H5BrClF2NO2/c9-3-1-4(10)7(8(11)12)13-5(3)2-6(14)15/h1,8H,2H2,(H,14,15). The minimum atomic E-state index is -2.82. The van der Waals surface area contributed by atoms with Crippen LogP contribution in [0.1, 0.15) is 17.8 Å². The third-order valence-electron chi connectivity index (χ3n) is 1.55. The highest BCUT2D eigenvalue weighted by atomic mass is 79.9. The molecule has 3 nitrogen and oxygen atoms in total. The van der Waals surface area contributed by atoms with Gasteiger partial charge in [-0.2, -0.15) is 0 Å². The molecule has 0 saturated heterocycles. The zero-order chi connectivity index (χ0) is 11.6. The summed E-state index contributed by atoms with van der Waals surface area (Å²) in [6.07, 6.45) is -3.25. The van der Waals surface area contributed by atoms with Gasteiger partial charge in [0.05, 0.1) is 17.1 Å². The first kappa shape index (κ1) is 12.3. The second-order valence-corrected chi connectivity index (χ2v) is 3.92. The van der Waals surface area contributed by atoms with Gasteiger partial charge in [-0.3, -0.25) is 4.79 Å². The molecule has 1 N–H and O–H groups in total. The Morgan fingerprint density at radius 3 is 2.73 bits per heavy atom. The Morgan fingerprint density at radius 1 is 1.67 bits per heavy atom. The summed E-state index contributed by atoms with van der Waals surface area (Å²) in [5, 5.41) is 8.32. The molecule has 0 bridgehead atoms. The van der Waals surface area contributed by atoms with Gasteiger partial charge in [0, 0.05) is 4.47 Å². The summed E-state index contributed by atoms with van der Waals surface area (Å²) in [6.45, 7) is 0. The molecular formula is C8H5BrClF2NO2. The Hall–Kier alpha value is -0.750. The second kappa shape index (κ2) is 4.85. The number of alkyl halides is 2. The average molecular weight is 300 g/mol. The zero-order valence-corrected chi connectivity index (χ0v) is 9.52. The Balaban J connectivity index is 3.17. The van der Waals surface area contributed by atoms with Gasteiger partial charge in [-0.05, 0) is 22.0 Å². The van der Waals surface area contributed by atoms with Crippen molar-refractivity contribution in [2.45, 2.75) is 12.8 Å². The fraction of sp³-hybridized carbons (Fsp3) is 0.250. The molecule has 0 aliphatic carbocycles. The maximum atomic E-state index is 12.4. The molecule has 0 spiro atoms. The number of carboxylic acids is 1. The van der Waals surface area contributed by atoms with Gasteiger partial charge in [0.1, 0.15) is 5.69 Å². The van der Waals surface area contributed by atoms with E-state index in [-0.39, 0.29) is 10.7 Å². The van der Waals surface area contributed by atoms with Crippen LogP contribution in [0.3, 0.4) is 0 Å². The molecule has 7 heteroatoms. The molecule has 0 aromatic carbocycles. The first-order valence-electron chi connectivity index (χ1n) is 3.76. The molecular weight excluding hydrogens is 295 g/mol. The molecule has 0 fully saturated rings. The maximum absolute atomic E-state index is 12.4. The topological polar surface area (TPSA) is 50.2 Å². The van der Waals surface area contributed by atoms with Crippen LogP contribution >= 0.6 is 27.5 Å². The number of carboxylic acid groups (broad SMARTS) is 1. The van der Waals surface area contributed by atoms with Gasteiger partial charge in [0.2, 0.25) is 0 Å². The number of rotatable bonds is 3. The van der Waals surface area contributed by atoms with E-state index in [1.165, 1.54) is 6.07 Å². The van der Waals surface area contributed by atoms with E-state index in [1.807, 2.05) is 0 Å². The van der Waals surface area contributed by atoms with Crippen LogP contribution in [-0.2, 0) is 11.2 Å². The smallest absolute Gasteiger partial charge is 0.309 e. The van der Waals surface area contributed by atoms with Crippen molar-refractivity contribution >= 4 is 33.5 Å². The van der Waals surface area contributed by atoms with Crippen molar-refractivity contribution in [2.75, 3.05) is 0 Å².